The number of aromatic hydroxyl groups is 2. The van der Waals surface area contributed by atoms with Gasteiger partial charge in [0, 0.05) is 55.7 Å². The predicted octanol–water partition coefficient (Wildman–Crippen LogP) is 12.7. The van der Waals surface area contributed by atoms with Gasteiger partial charge in [0.05, 0.1) is 0 Å². The molecule has 0 atom stereocenters. The second-order valence-corrected chi connectivity index (χ2v) is 12.6. The van der Waals surface area contributed by atoms with Gasteiger partial charge in [-0.15, -0.1) is 0 Å². The fourth-order valence-electron chi connectivity index (χ4n) is 7.12. The Morgan fingerprint density at radius 3 is 1.02 bits per heavy atom. The minimum atomic E-state index is 0.129. The van der Waals surface area contributed by atoms with E-state index in [-0.39, 0.29) is 11.5 Å². The molecule has 0 heterocycles. The zero-order valence-corrected chi connectivity index (χ0v) is 27.1. The van der Waals surface area contributed by atoms with Gasteiger partial charge in [-0.1, -0.05) is 97.1 Å². The van der Waals surface area contributed by atoms with Crippen molar-refractivity contribution in [2.24, 2.45) is 0 Å². The maximum Gasteiger partial charge on any atom is 0.131 e. The van der Waals surface area contributed by atoms with Crippen LogP contribution < -0.4 is 9.80 Å². The number of nitrogens with zero attached hydrogens (tertiary/aromatic N) is 2. The second kappa shape index (κ2) is 12.0. The third-order valence-electron chi connectivity index (χ3n) is 9.55. The van der Waals surface area contributed by atoms with E-state index in [9.17, 15) is 10.2 Å². The molecule has 0 aliphatic carbocycles. The molecule has 50 heavy (non-hydrogen) atoms. The molecule has 4 nitrogen and oxygen atoms in total. The number of phenolic OH excluding ortho intramolecular Hbond substituents is 2. The Morgan fingerprint density at radius 1 is 0.260 bits per heavy atom. The van der Waals surface area contributed by atoms with Crippen molar-refractivity contribution >= 4 is 77.2 Å². The van der Waals surface area contributed by atoms with E-state index in [1.165, 1.54) is 10.8 Å². The predicted molar refractivity (Wildman–Crippen MR) is 209 cm³/mol. The van der Waals surface area contributed by atoms with Crippen molar-refractivity contribution < 1.29 is 10.2 Å². The number of rotatable bonds is 6. The van der Waals surface area contributed by atoms with Crippen molar-refractivity contribution in [3.05, 3.63) is 182 Å². The van der Waals surface area contributed by atoms with Crippen molar-refractivity contribution in [1.82, 2.24) is 0 Å². The highest BCUT2D eigenvalue weighted by atomic mass is 16.3. The molecule has 9 aromatic carbocycles. The van der Waals surface area contributed by atoms with E-state index in [1.807, 2.05) is 97.1 Å². The van der Waals surface area contributed by atoms with Gasteiger partial charge >= 0.3 is 0 Å². The fourth-order valence-corrected chi connectivity index (χ4v) is 7.12. The highest BCUT2D eigenvalue weighted by molar-refractivity contribution is 6.12. The van der Waals surface area contributed by atoms with E-state index in [0.29, 0.717) is 21.5 Å². The summed E-state index contributed by atoms with van der Waals surface area (Å²) < 4.78 is 0. The van der Waals surface area contributed by atoms with Crippen LogP contribution in [0.2, 0.25) is 0 Å². The number of hydrogen-bond acceptors (Lipinski definition) is 4. The Hall–Kier alpha value is -6.78. The summed E-state index contributed by atoms with van der Waals surface area (Å²) >= 11 is 0. The Kier molecular flexibility index (Phi) is 7.07. The third kappa shape index (κ3) is 5.02. The number of benzene rings is 9. The van der Waals surface area contributed by atoms with Crippen LogP contribution in [0.3, 0.4) is 0 Å². The molecule has 0 radical (unpaired) electrons. The summed E-state index contributed by atoms with van der Waals surface area (Å²) in [6.45, 7) is 0. The molecule has 4 heteroatoms. The minimum absolute atomic E-state index is 0.129. The normalized spacial score (nSPS) is 11.4. The van der Waals surface area contributed by atoms with Crippen LogP contribution in [0.4, 0.5) is 34.1 Å². The van der Waals surface area contributed by atoms with Crippen LogP contribution in [-0.2, 0) is 0 Å². The first-order valence-corrected chi connectivity index (χ1v) is 16.7. The van der Waals surface area contributed by atoms with E-state index < -0.39 is 0 Å². The lowest BCUT2D eigenvalue weighted by Crippen LogP contribution is -2.10. The summed E-state index contributed by atoms with van der Waals surface area (Å²) in [6.07, 6.45) is 0. The van der Waals surface area contributed by atoms with Crippen LogP contribution >= 0.6 is 0 Å². The third-order valence-corrected chi connectivity index (χ3v) is 9.55. The van der Waals surface area contributed by atoms with Crippen LogP contribution in [0.1, 0.15) is 0 Å². The van der Waals surface area contributed by atoms with E-state index in [4.69, 9.17) is 0 Å². The van der Waals surface area contributed by atoms with Crippen LogP contribution in [0.25, 0.3) is 43.1 Å². The van der Waals surface area contributed by atoms with Crippen LogP contribution in [-0.4, -0.2) is 10.2 Å². The summed E-state index contributed by atoms with van der Waals surface area (Å²) in [6, 6.07) is 61.7. The van der Waals surface area contributed by atoms with Gasteiger partial charge < -0.3 is 20.0 Å². The highest BCUT2D eigenvalue weighted by Gasteiger charge is 2.20. The minimum Gasteiger partial charge on any atom is -0.507 e. The smallest absolute Gasteiger partial charge is 0.131 e. The zero-order valence-electron chi connectivity index (χ0n) is 27.1. The zero-order chi connectivity index (χ0) is 33.6. The molecular weight excluding hydrogens is 613 g/mol. The maximum atomic E-state index is 11.9. The topological polar surface area (TPSA) is 46.9 Å². The molecule has 0 aliphatic heterocycles. The molecule has 0 aliphatic rings. The molecule has 0 saturated heterocycles. The average Bonchev–Trinajstić information content (AvgIpc) is 3.18. The largest absolute Gasteiger partial charge is 0.507 e. The van der Waals surface area contributed by atoms with Gasteiger partial charge in [-0.2, -0.15) is 0 Å². The van der Waals surface area contributed by atoms with Crippen LogP contribution in [0.5, 0.6) is 11.5 Å². The van der Waals surface area contributed by atoms with Gasteiger partial charge in [-0.05, 0) is 106 Å². The molecule has 2 N–H and O–H groups in total. The van der Waals surface area contributed by atoms with Crippen molar-refractivity contribution in [3.63, 3.8) is 0 Å². The molecular formula is C46H32N2O2. The summed E-state index contributed by atoms with van der Waals surface area (Å²) in [5, 5.41) is 30.7. The lowest BCUT2D eigenvalue weighted by Gasteiger charge is -2.27. The van der Waals surface area contributed by atoms with Gasteiger partial charge in [0.1, 0.15) is 11.5 Å². The molecule has 0 fully saturated rings. The Bertz CT molecular complexity index is 2500. The molecule has 238 valence electrons. The van der Waals surface area contributed by atoms with Crippen LogP contribution in [0.15, 0.2) is 182 Å². The summed E-state index contributed by atoms with van der Waals surface area (Å²) in [4.78, 5) is 4.36. The summed E-state index contributed by atoms with van der Waals surface area (Å²) in [7, 11) is 0. The molecule has 0 saturated carbocycles. The first-order chi connectivity index (χ1) is 24.6. The maximum absolute atomic E-state index is 11.9. The first kappa shape index (κ1) is 29.4. The van der Waals surface area contributed by atoms with Gasteiger partial charge in [0.25, 0.3) is 0 Å². The average molecular weight is 645 g/mol. The van der Waals surface area contributed by atoms with Crippen molar-refractivity contribution in [3.8, 4) is 11.5 Å². The Morgan fingerprint density at radius 2 is 0.600 bits per heavy atom. The summed E-state index contributed by atoms with van der Waals surface area (Å²) in [5.74, 6) is 0.259. The number of hydrogen-bond donors (Lipinski definition) is 2. The molecule has 9 aromatic rings. The molecule has 9 rings (SSSR count). The van der Waals surface area contributed by atoms with Gasteiger partial charge in [0.2, 0.25) is 0 Å². The monoisotopic (exact) mass is 644 g/mol. The quantitative estimate of drug-likeness (QED) is 0.140. The van der Waals surface area contributed by atoms with E-state index in [0.717, 1.165) is 44.9 Å². The first-order valence-electron chi connectivity index (χ1n) is 16.7. The van der Waals surface area contributed by atoms with Crippen molar-refractivity contribution in [1.29, 1.82) is 0 Å². The van der Waals surface area contributed by atoms with E-state index in [1.54, 1.807) is 0 Å². The Labute approximate surface area is 289 Å². The van der Waals surface area contributed by atoms with Crippen LogP contribution in [0, 0.1) is 0 Å². The lowest BCUT2D eigenvalue weighted by molar-refractivity contribution is 0.478. The number of fused-ring (bicyclic) bond motifs is 4. The van der Waals surface area contributed by atoms with Gasteiger partial charge in [0.15, 0.2) is 0 Å². The standard InChI is InChI=1S/C46H32N2O2/c49-45-42-26-24-40(48(36-17-5-2-6-18-36)38-22-20-32-12-8-10-14-34(32)28-38)30-44(42)46(50)41-25-23-39(29-43(41)45)47(35-15-3-1-4-16-35)37-21-19-31-11-7-9-13-33(31)27-37/h1-30,49-50H. The van der Waals surface area contributed by atoms with Gasteiger partial charge in [-0.25, -0.2) is 0 Å². The SMILES string of the molecule is Oc1c2ccc(N(c3ccccc3)c3ccc4ccccc4c3)cc2c(O)c2ccc(N(c3ccccc3)c3ccc4ccccc4c3)cc12. The Balaban J connectivity index is 1.20. The molecule has 0 aromatic heterocycles. The lowest BCUT2D eigenvalue weighted by atomic mass is 9.98. The second-order valence-electron chi connectivity index (χ2n) is 12.6. The van der Waals surface area contributed by atoms with Crippen molar-refractivity contribution in [2.45, 2.75) is 0 Å². The molecule has 0 amide bonds. The molecule has 0 spiro atoms. The molecule has 0 bridgehead atoms. The van der Waals surface area contributed by atoms with Gasteiger partial charge in [-0.3, -0.25) is 0 Å². The van der Waals surface area contributed by atoms with Crippen molar-refractivity contribution in [2.75, 3.05) is 9.80 Å². The number of para-hydroxylation sites is 2. The van der Waals surface area contributed by atoms with E-state index >= 15 is 0 Å². The molecule has 0 unspecified atom stereocenters. The van der Waals surface area contributed by atoms with E-state index in [2.05, 4.69) is 94.7 Å². The number of phenols is 2. The highest BCUT2D eigenvalue weighted by Crippen LogP contribution is 2.47. The summed E-state index contributed by atoms with van der Waals surface area (Å²) in [5.41, 5.74) is 5.72. The number of anilines is 6. The fraction of sp³-hybridized carbons (Fsp3) is 0.